The summed E-state index contributed by atoms with van der Waals surface area (Å²) < 4.78 is 1.78. The standard InChI is InChI=1S/C19H24N6O2.ClH/c26-17-19(7-9-20-10-8-19)25(11-6-16-4-2-1-3-5-16)18(27)24(17)13-12-23-14-21-22-15-23;/h1-5,14-15,20H,6-13H2;1H. The first-order valence-corrected chi connectivity index (χ1v) is 9.41. The first-order chi connectivity index (χ1) is 13.2. The summed E-state index contributed by atoms with van der Waals surface area (Å²) in [5.74, 6) is -0.0601. The number of urea groups is 1. The van der Waals surface area contributed by atoms with E-state index in [9.17, 15) is 9.59 Å². The molecule has 1 aromatic heterocycles. The smallest absolute Gasteiger partial charge is 0.318 e. The third-order valence-corrected chi connectivity index (χ3v) is 5.57. The van der Waals surface area contributed by atoms with E-state index in [2.05, 4.69) is 27.6 Å². The van der Waals surface area contributed by atoms with Crippen LogP contribution in [0.4, 0.5) is 4.79 Å². The van der Waals surface area contributed by atoms with Crippen LogP contribution in [0.2, 0.25) is 0 Å². The van der Waals surface area contributed by atoms with Gasteiger partial charge in [0.1, 0.15) is 18.2 Å². The van der Waals surface area contributed by atoms with Crippen molar-refractivity contribution in [2.45, 2.75) is 31.3 Å². The summed E-state index contributed by atoms with van der Waals surface area (Å²) in [5, 5.41) is 10.9. The van der Waals surface area contributed by atoms with Crippen molar-refractivity contribution in [3.63, 3.8) is 0 Å². The molecule has 9 heteroatoms. The number of imide groups is 1. The molecule has 1 spiro atoms. The summed E-state index contributed by atoms with van der Waals surface area (Å²) in [4.78, 5) is 29.6. The maximum absolute atomic E-state index is 13.3. The number of aromatic nitrogens is 3. The molecule has 0 atom stereocenters. The third-order valence-electron chi connectivity index (χ3n) is 5.57. The fourth-order valence-electron chi connectivity index (χ4n) is 4.05. The Balaban J connectivity index is 0.00000225. The zero-order valence-corrected chi connectivity index (χ0v) is 16.5. The topological polar surface area (TPSA) is 83.4 Å². The normalized spacial score (nSPS) is 18.6. The van der Waals surface area contributed by atoms with Crippen LogP contribution in [0, 0.1) is 0 Å². The van der Waals surface area contributed by atoms with Gasteiger partial charge in [0, 0.05) is 19.6 Å². The Morgan fingerprint density at radius 2 is 1.64 bits per heavy atom. The highest BCUT2D eigenvalue weighted by Gasteiger charge is 2.56. The van der Waals surface area contributed by atoms with Crippen molar-refractivity contribution >= 4 is 24.3 Å². The monoisotopic (exact) mass is 404 g/mol. The average Bonchev–Trinajstić information content (AvgIpc) is 3.28. The average molecular weight is 405 g/mol. The highest BCUT2D eigenvalue weighted by Crippen LogP contribution is 2.35. The highest BCUT2D eigenvalue weighted by atomic mass is 35.5. The van der Waals surface area contributed by atoms with Gasteiger partial charge < -0.3 is 14.8 Å². The molecule has 4 rings (SSSR count). The number of nitrogens with zero attached hydrogens (tertiary/aromatic N) is 5. The molecule has 2 fully saturated rings. The van der Waals surface area contributed by atoms with Crippen LogP contribution in [0.15, 0.2) is 43.0 Å². The first-order valence-electron chi connectivity index (χ1n) is 9.41. The van der Waals surface area contributed by atoms with Gasteiger partial charge in [-0.3, -0.25) is 9.69 Å². The number of benzene rings is 1. The van der Waals surface area contributed by atoms with Crippen LogP contribution in [-0.4, -0.2) is 68.2 Å². The lowest BCUT2D eigenvalue weighted by molar-refractivity contribution is -0.134. The van der Waals surface area contributed by atoms with E-state index in [4.69, 9.17) is 0 Å². The molecule has 0 bridgehead atoms. The Morgan fingerprint density at radius 3 is 2.32 bits per heavy atom. The molecule has 2 saturated heterocycles. The molecule has 3 amide bonds. The molecular weight excluding hydrogens is 380 g/mol. The van der Waals surface area contributed by atoms with Crippen molar-refractivity contribution in [2.75, 3.05) is 26.2 Å². The van der Waals surface area contributed by atoms with Crippen molar-refractivity contribution in [3.8, 4) is 0 Å². The zero-order chi connectivity index (χ0) is 18.7. The van der Waals surface area contributed by atoms with Crippen LogP contribution in [-0.2, 0) is 17.8 Å². The van der Waals surface area contributed by atoms with Gasteiger partial charge in [-0.2, -0.15) is 0 Å². The first kappa shape index (κ1) is 20.3. The summed E-state index contributed by atoms with van der Waals surface area (Å²) >= 11 is 0. The summed E-state index contributed by atoms with van der Waals surface area (Å²) in [6.45, 7) is 2.90. The van der Waals surface area contributed by atoms with Crippen LogP contribution in [0.1, 0.15) is 18.4 Å². The SMILES string of the molecule is Cl.O=C1N(CCn2cnnc2)C(=O)C2(CCNCC2)N1CCc1ccccc1. The van der Waals surface area contributed by atoms with E-state index in [1.54, 1.807) is 17.2 Å². The number of hydrogen-bond donors (Lipinski definition) is 1. The summed E-state index contributed by atoms with van der Waals surface area (Å²) in [6.07, 6.45) is 5.26. The Labute approximate surface area is 170 Å². The van der Waals surface area contributed by atoms with Crippen LogP contribution >= 0.6 is 12.4 Å². The summed E-state index contributed by atoms with van der Waals surface area (Å²) in [7, 11) is 0. The minimum absolute atomic E-state index is 0. The van der Waals surface area contributed by atoms with E-state index in [-0.39, 0.29) is 24.3 Å². The largest absolute Gasteiger partial charge is 0.327 e. The lowest BCUT2D eigenvalue weighted by atomic mass is 9.86. The van der Waals surface area contributed by atoms with E-state index in [0.29, 0.717) is 32.5 Å². The Morgan fingerprint density at radius 1 is 0.964 bits per heavy atom. The second-order valence-electron chi connectivity index (χ2n) is 7.11. The number of hydrogen-bond acceptors (Lipinski definition) is 5. The predicted octanol–water partition coefficient (Wildman–Crippen LogP) is 1.33. The molecule has 2 aliphatic heterocycles. The van der Waals surface area contributed by atoms with Gasteiger partial charge in [0.15, 0.2) is 0 Å². The number of carbonyl (C=O) groups excluding carboxylic acids is 2. The van der Waals surface area contributed by atoms with Crippen molar-refractivity contribution in [3.05, 3.63) is 48.5 Å². The maximum Gasteiger partial charge on any atom is 0.327 e. The van der Waals surface area contributed by atoms with Crippen molar-refractivity contribution in [2.24, 2.45) is 0 Å². The molecule has 0 aliphatic carbocycles. The fourth-order valence-corrected chi connectivity index (χ4v) is 4.05. The molecule has 0 unspecified atom stereocenters. The molecule has 8 nitrogen and oxygen atoms in total. The van der Waals surface area contributed by atoms with Gasteiger partial charge in [-0.1, -0.05) is 30.3 Å². The number of amides is 3. The molecule has 2 aliphatic rings. The predicted molar refractivity (Wildman–Crippen MR) is 106 cm³/mol. The van der Waals surface area contributed by atoms with Crippen LogP contribution in [0.3, 0.4) is 0 Å². The van der Waals surface area contributed by atoms with E-state index in [0.717, 1.165) is 19.5 Å². The van der Waals surface area contributed by atoms with Gasteiger partial charge in [-0.25, -0.2) is 4.79 Å². The van der Waals surface area contributed by atoms with Crippen molar-refractivity contribution in [1.29, 1.82) is 0 Å². The van der Waals surface area contributed by atoms with Gasteiger partial charge in [0.25, 0.3) is 5.91 Å². The van der Waals surface area contributed by atoms with Gasteiger partial charge in [0.2, 0.25) is 0 Å². The van der Waals surface area contributed by atoms with Gasteiger partial charge in [-0.05, 0) is 37.9 Å². The highest BCUT2D eigenvalue weighted by molar-refractivity contribution is 6.07. The van der Waals surface area contributed by atoms with Gasteiger partial charge in [0.05, 0.1) is 0 Å². The Hall–Kier alpha value is -2.45. The molecule has 2 aromatic rings. The number of carbonyl (C=O) groups is 2. The molecule has 3 heterocycles. The molecule has 1 aromatic carbocycles. The minimum atomic E-state index is -0.704. The molecule has 150 valence electrons. The Kier molecular flexibility index (Phi) is 6.31. The summed E-state index contributed by atoms with van der Waals surface area (Å²) in [6, 6.07) is 9.92. The van der Waals surface area contributed by atoms with Crippen LogP contribution in [0.25, 0.3) is 0 Å². The zero-order valence-electron chi connectivity index (χ0n) is 15.7. The van der Waals surface area contributed by atoms with Crippen LogP contribution in [0.5, 0.6) is 0 Å². The number of halogens is 1. The maximum atomic E-state index is 13.3. The van der Waals surface area contributed by atoms with E-state index >= 15 is 0 Å². The molecule has 0 saturated carbocycles. The lowest BCUT2D eigenvalue weighted by Gasteiger charge is -2.38. The Bertz CT molecular complexity index is 792. The van der Waals surface area contributed by atoms with Gasteiger partial charge in [-0.15, -0.1) is 22.6 Å². The quantitative estimate of drug-likeness (QED) is 0.734. The number of nitrogens with one attached hydrogen (secondary N) is 1. The van der Waals surface area contributed by atoms with Gasteiger partial charge >= 0.3 is 6.03 Å². The minimum Gasteiger partial charge on any atom is -0.318 e. The third kappa shape index (κ3) is 3.74. The van der Waals surface area contributed by atoms with E-state index < -0.39 is 5.54 Å². The number of piperidine rings is 1. The second-order valence-corrected chi connectivity index (χ2v) is 7.11. The fraction of sp³-hybridized carbons (Fsp3) is 0.474. The molecule has 28 heavy (non-hydrogen) atoms. The van der Waals surface area contributed by atoms with Crippen molar-refractivity contribution < 1.29 is 9.59 Å². The van der Waals surface area contributed by atoms with E-state index in [1.165, 1.54) is 10.5 Å². The molecular formula is C19H25ClN6O2. The second kappa shape index (κ2) is 8.70. The van der Waals surface area contributed by atoms with Crippen molar-refractivity contribution in [1.82, 2.24) is 29.9 Å². The molecule has 1 N–H and O–H groups in total. The molecule has 0 radical (unpaired) electrons. The summed E-state index contributed by atoms with van der Waals surface area (Å²) in [5.41, 5.74) is 0.467. The number of rotatable bonds is 6. The lowest BCUT2D eigenvalue weighted by Crippen LogP contribution is -2.56. The van der Waals surface area contributed by atoms with E-state index in [1.807, 2.05) is 23.1 Å². The van der Waals surface area contributed by atoms with Crippen LogP contribution < -0.4 is 5.32 Å².